The van der Waals surface area contributed by atoms with Gasteiger partial charge >= 0.3 is 0 Å². The largest absolute Gasteiger partial charge is 0.338 e. The zero-order valence-electron chi connectivity index (χ0n) is 3.33. The maximum Gasteiger partial charge on any atom is 0.247 e. The number of hydrogen-bond donors (Lipinski definition) is 4. The predicted octanol–water partition coefficient (Wildman–Crippen LogP) is -0.175. The van der Waals surface area contributed by atoms with E-state index >= 15 is 0 Å². The van der Waals surface area contributed by atoms with E-state index in [-0.39, 0.29) is 0 Å². The lowest BCUT2D eigenvalue weighted by atomic mass is 11.8. The molecule has 0 aliphatic carbocycles. The Morgan fingerprint density at radius 2 is 1.71 bits per heavy atom. The Morgan fingerprint density at radius 1 is 1.71 bits per heavy atom. The quantitative estimate of drug-likeness (QED) is 0.213. The first kappa shape index (κ1) is 10.2. The number of nitrogens with two attached hydrogens (primary N) is 1. The van der Waals surface area contributed by atoms with E-state index < -0.39 is 8.53 Å². The Kier molecular flexibility index (Phi) is 13.7. The van der Waals surface area contributed by atoms with E-state index in [1.165, 1.54) is 0 Å². The van der Waals surface area contributed by atoms with Gasteiger partial charge in [0.25, 0.3) is 0 Å². The summed E-state index contributed by atoms with van der Waals surface area (Å²) in [6, 6.07) is 0. The Morgan fingerprint density at radius 3 is 1.71 bits per heavy atom. The molecule has 0 saturated heterocycles. The molecular weight excluding hydrogens is 135 g/mol. The molecule has 42 valence electrons. The zero-order chi connectivity index (χ0) is 6.28. The SMILES string of the molecule is N=C=S.NP(O)O. The van der Waals surface area contributed by atoms with Crippen molar-refractivity contribution >= 4 is 25.9 Å². The van der Waals surface area contributed by atoms with Gasteiger partial charge in [-0.05, 0) is 12.2 Å². The maximum absolute atomic E-state index is 7.45. The summed E-state index contributed by atoms with van der Waals surface area (Å²) in [6.45, 7) is 0. The highest BCUT2D eigenvalue weighted by Gasteiger charge is 1.72. The van der Waals surface area contributed by atoms with Gasteiger partial charge in [0.15, 0.2) is 0 Å². The first-order valence-electron chi connectivity index (χ1n) is 1.11. The van der Waals surface area contributed by atoms with Crippen LogP contribution in [0.1, 0.15) is 0 Å². The fraction of sp³-hybridized carbons (Fsp3) is 0. The summed E-state index contributed by atoms with van der Waals surface area (Å²) >= 11 is 3.81. The third kappa shape index (κ3) is 8530. The van der Waals surface area contributed by atoms with E-state index in [1.54, 1.807) is 5.16 Å². The van der Waals surface area contributed by atoms with Gasteiger partial charge in [0.2, 0.25) is 8.53 Å². The first-order chi connectivity index (χ1) is 3.15. The topological polar surface area (TPSA) is 90.3 Å². The lowest BCUT2D eigenvalue weighted by Gasteiger charge is -1.79. The molecule has 0 aromatic carbocycles. The molecular formula is CH5N2O2PS. The van der Waals surface area contributed by atoms with Gasteiger partial charge in [-0.2, -0.15) is 0 Å². The highest BCUT2D eigenvalue weighted by atomic mass is 32.1. The Hall–Kier alpha value is 0.110. The van der Waals surface area contributed by atoms with Crippen LogP contribution in [0.5, 0.6) is 0 Å². The minimum atomic E-state index is -2.12. The van der Waals surface area contributed by atoms with Crippen molar-refractivity contribution in [2.75, 3.05) is 0 Å². The second-order valence-corrected chi connectivity index (χ2v) is 1.27. The molecule has 0 fully saturated rings. The van der Waals surface area contributed by atoms with Crippen molar-refractivity contribution < 1.29 is 9.79 Å². The molecule has 0 atom stereocenters. The third-order valence-electron chi connectivity index (χ3n) is 0. The summed E-state index contributed by atoms with van der Waals surface area (Å²) in [5.41, 5.74) is 4.29. The van der Waals surface area contributed by atoms with Gasteiger partial charge in [-0.25, -0.2) is 5.41 Å². The molecule has 0 amide bonds. The third-order valence-corrected chi connectivity index (χ3v) is 0. The summed E-state index contributed by atoms with van der Waals surface area (Å²) in [5, 5.41) is 7.36. The molecule has 0 bridgehead atoms. The van der Waals surface area contributed by atoms with Gasteiger partial charge in [-0.3, -0.25) is 5.50 Å². The summed E-state index contributed by atoms with van der Waals surface area (Å²) in [4.78, 5) is 14.9. The Labute approximate surface area is 47.4 Å². The number of rotatable bonds is 0. The molecule has 4 nitrogen and oxygen atoms in total. The van der Waals surface area contributed by atoms with Gasteiger partial charge < -0.3 is 9.79 Å². The average Bonchev–Trinajstić information content (AvgIpc) is 1.33. The van der Waals surface area contributed by atoms with Crippen molar-refractivity contribution in [2.24, 2.45) is 5.50 Å². The van der Waals surface area contributed by atoms with Gasteiger partial charge in [0.05, 0.1) is 5.16 Å². The van der Waals surface area contributed by atoms with Gasteiger partial charge in [0.1, 0.15) is 0 Å². The summed E-state index contributed by atoms with van der Waals surface area (Å²) in [6.07, 6.45) is 0. The molecule has 0 aromatic heterocycles. The number of hydrogen-bond acceptors (Lipinski definition) is 5. The van der Waals surface area contributed by atoms with E-state index in [0.29, 0.717) is 0 Å². The van der Waals surface area contributed by atoms with Crippen molar-refractivity contribution in [3.05, 3.63) is 0 Å². The highest BCUT2D eigenvalue weighted by Crippen LogP contribution is 2.05. The molecule has 0 heterocycles. The molecule has 0 unspecified atom stereocenters. The maximum atomic E-state index is 7.45. The lowest BCUT2D eigenvalue weighted by Crippen LogP contribution is -1.78. The lowest BCUT2D eigenvalue weighted by molar-refractivity contribution is 0.485. The van der Waals surface area contributed by atoms with Crippen LogP contribution in [0.3, 0.4) is 0 Å². The summed E-state index contributed by atoms with van der Waals surface area (Å²) in [5.74, 6) is 0. The smallest absolute Gasteiger partial charge is 0.247 e. The number of nitrogens with one attached hydrogen (secondary N) is 1. The van der Waals surface area contributed by atoms with E-state index in [0.717, 1.165) is 0 Å². The summed E-state index contributed by atoms with van der Waals surface area (Å²) < 4.78 is 0. The van der Waals surface area contributed by atoms with E-state index in [9.17, 15) is 0 Å². The van der Waals surface area contributed by atoms with Crippen LogP contribution in [-0.4, -0.2) is 14.9 Å². The molecule has 7 heavy (non-hydrogen) atoms. The molecule has 0 aliphatic heterocycles. The van der Waals surface area contributed by atoms with E-state index in [2.05, 4.69) is 17.7 Å². The van der Waals surface area contributed by atoms with E-state index in [4.69, 9.17) is 15.2 Å². The molecule has 0 saturated carbocycles. The Balaban J connectivity index is 0. The molecule has 6 heteroatoms. The normalized spacial score (nSPS) is 6.29. The van der Waals surface area contributed by atoms with Crippen LogP contribution < -0.4 is 5.50 Å². The van der Waals surface area contributed by atoms with Crippen molar-refractivity contribution in [2.45, 2.75) is 0 Å². The minimum Gasteiger partial charge on any atom is -0.338 e. The van der Waals surface area contributed by atoms with Crippen molar-refractivity contribution in [1.29, 1.82) is 5.41 Å². The van der Waals surface area contributed by atoms with Crippen molar-refractivity contribution in [3.8, 4) is 0 Å². The van der Waals surface area contributed by atoms with Crippen LogP contribution in [0, 0.1) is 5.41 Å². The van der Waals surface area contributed by atoms with Crippen LogP contribution >= 0.6 is 20.7 Å². The first-order valence-corrected chi connectivity index (χ1v) is 2.84. The van der Waals surface area contributed by atoms with Crippen LogP contribution in [0.15, 0.2) is 0 Å². The minimum absolute atomic E-state index is 1.58. The Bertz CT molecular complexity index is 58.0. The fourth-order valence-electron chi connectivity index (χ4n) is 0. The van der Waals surface area contributed by atoms with Crippen LogP contribution in [0.4, 0.5) is 0 Å². The molecule has 0 aliphatic rings. The standard InChI is InChI=1S/CHNS.H4NO2P/c2-1-3;1-4(2)3/h2H;2-3H,1H2. The van der Waals surface area contributed by atoms with Crippen molar-refractivity contribution in [3.63, 3.8) is 0 Å². The second kappa shape index (κ2) is 9.44. The predicted molar refractivity (Wildman–Crippen MR) is 30.9 cm³/mol. The van der Waals surface area contributed by atoms with Crippen LogP contribution in [-0.2, 0) is 0 Å². The monoisotopic (exact) mass is 140 g/mol. The fourth-order valence-corrected chi connectivity index (χ4v) is 0. The number of isothiocyanates is 1. The molecule has 0 rings (SSSR count). The molecule has 0 aromatic rings. The van der Waals surface area contributed by atoms with Crippen LogP contribution in [0.25, 0.3) is 0 Å². The van der Waals surface area contributed by atoms with Gasteiger partial charge in [-0.15, -0.1) is 0 Å². The molecule has 0 radical (unpaired) electrons. The van der Waals surface area contributed by atoms with Crippen molar-refractivity contribution in [1.82, 2.24) is 0 Å². The molecule has 0 spiro atoms. The van der Waals surface area contributed by atoms with E-state index in [1.807, 2.05) is 0 Å². The van der Waals surface area contributed by atoms with Gasteiger partial charge in [-0.1, -0.05) is 0 Å². The second-order valence-electron chi connectivity index (χ2n) is 0.422. The van der Waals surface area contributed by atoms with Gasteiger partial charge in [0, 0.05) is 0 Å². The average molecular weight is 140 g/mol. The molecule has 5 N–H and O–H groups in total. The number of thiocarbonyl (C=S) groups is 1. The zero-order valence-corrected chi connectivity index (χ0v) is 5.04. The summed E-state index contributed by atoms with van der Waals surface area (Å²) in [7, 11) is -2.12. The highest BCUT2D eigenvalue weighted by molar-refractivity contribution is 7.78. The van der Waals surface area contributed by atoms with Crippen LogP contribution in [0.2, 0.25) is 0 Å².